The van der Waals surface area contributed by atoms with Gasteiger partial charge in [0.15, 0.2) is 0 Å². The molecule has 2 aromatic heterocycles. The normalized spacial score (nSPS) is 12.3. The molecule has 5 rings (SSSR count). The number of nitrogens with zero attached hydrogens (tertiary/aromatic N) is 4. The fourth-order valence-electron chi connectivity index (χ4n) is 4.01. The summed E-state index contributed by atoms with van der Waals surface area (Å²) in [7, 11) is 0. The summed E-state index contributed by atoms with van der Waals surface area (Å²) in [6.07, 6.45) is 6.00. The zero-order chi connectivity index (χ0) is 21.9. The molecule has 0 bridgehead atoms. The summed E-state index contributed by atoms with van der Waals surface area (Å²) >= 11 is 0. The van der Waals surface area contributed by atoms with Crippen molar-refractivity contribution in [3.05, 3.63) is 71.8 Å². The van der Waals surface area contributed by atoms with E-state index in [1.807, 2.05) is 12.4 Å². The van der Waals surface area contributed by atoms with Crippen LogP contribution in [-0.2, 0) is 0 Å². The molecule has 0 spiro atoms. The van der Waals surface area contributed by atoms with E-state index < -0.39 is 0 Å². The molecule has 0 saturated heterocycles. The van der Waals surface area contributed by atoms with Crippen LogP contribution in [0.2, 0.25) is 0 Å². The predicted molar refractivity (Wildman–Crippen MR) is 138 cm³/mol. The molecule has 0 amide bonds. The van der Waals surface area contributed by atoms with Crippen LogP contribution in [0.3, 0.4) is 0 Å². The van der Waals surface area contributed by atoms with Crippen LogP contribution in [0, 0.1) is 0 Å². The van der Waals surface area contributed by atoms with Gasteiger partial charge < -0.3 is 0 Å². The van der Waals surface area contributed by atoms with Gasteiger partial charge in [-0.05, 0) is 66.4 Å². The molecule has 0 unspecified atom stereocenters. The highest BCUT2D eigenvalue weighted by Gasteiger charge is 2.08. The number of hydrogen-bond donors (Lipinski definition) is 0. The summed E-state index contributed by atoms with van der Waals surface area (Å²) in [4.78, 5) is 18.9. The average molecular weight is 419 g/mol. The van der Waals surface area contributed by atoms with Gasteiger partial charge in [-0.2, -0.15) is 0 Å². The Hall–Kier alpha value is -3.66. The molecule has 0 aliphatic rings. The van der Waals surface area contributed by atoms with Gasteiger partial charge in [0.1, 0.15) is 0 Å². The second-order valence-corrected chi connectivity index (χ2v) is 8.16. The molecule has 4 nitrogen and oxygen atoms in total. The Morgan fingerprint density at radius 1 is 0.625 bits per heavy atom. The van der Waals surface area contributed by atoms with Gasteiger partial charge in [0, 0.05) is 47.1 Å². The topological polar surface area (TPSA) is 50.5 Å². The molecule has 5 aromatic rings. The lowest BCUT2D eigenvalue weighted by atomic mass is 10.0. The minimum Gasteiger partial charge on any atom is -0.293 e. The van der Waals surface area contributed by atoms with E-state index >= 15 is 0 Å². The number of benzene rings is 3. The average Bonchev–Trinajstić information content (AvgIpc) is 2.82. The second kappa shape index (κ2) is 8.83. The highest BCUT2D eigenvalue weighted by molar-refractivity contribution is 6.10. The minimum absolute atomic E-state index is 0.849. The van der Waals surface area contributed by atoms with E-state index in [-0.39, 0.29) is 0 Å². The van der Waals surface area contributed by atoms with E-state index in [2.05, 4.69) is 84.5 Å². The maximum absolute atomic E-state index is 5.02. The molecule has 32 heavy (non-hydrogen) atoms. The number of fused-ring (bicyclic) bond motifs is 5. The molecule has 2 heterocycles. The van der Waals surface area contributed by atoms with Gasteiger partial charge in [0.05, 0.1) is 22.1 Å². The van der Waals surface area contributed by atoms with Crippen LogP contribution >= 0.6 is 0 Å². The van der Waals surface area contributed by atoms with E-state index in [1.54, 1.807) is 0 Å². The van der Waals surface area contributed by atoms with E-state index in [0.717, 1.165) is 80.7 Å². The SMILES string of the molecule is CCCN=Cc1ccc2nc3ccc4cc5cc(C=NCCC)ccc5nc4c3cc2c1. The van der Waals surface area contributed by atoms with Crippen LogP contribution < -0.4 is 0 Å². The molecule has 3 aromatic carbocycles. The van der Waals surface area contributed by atoms with Crippen LogP contribution in [0.4, 0.5) is 0 Å². The number of aliphatic imine (C=N–C) groups is 2. The first kappa shape index (κ1) is 20.3. The van der Waals surface area contributed by atoms with E-state index in [1.165, 1.54) is 0 Å². The van der Waals surface area contributed by atoms with Crippen molar-refractivity contribution in [2.75, 3.05) is 13.1 Å². The number of hydrogen-bond acceptors (Lipinski definition) is 4. The fourth-order valence-corrected chi connectivity index (χ4v) is 4.01. The Balaban J connectivity index is 1.64. The second-order valence-electron chi connectivity index (χ2n) is 8.16. The van der Waals surface area contributed by atoms with Crippen LogP contribution in [0.5, 0.6) is 0 Å². The first-order valence-electron chi connectivity index (χ1n) is 11.3. The smallest absolute Gasteiger partial charge is 0.0803 e. The van der Waals surface area contributed by atoms with Crippen molar-refractivity contribution in [2.24, 2.45) is 9.98 Å². The molecular formula is C28H26N4. The highest BCUT2D eigenvalue weighted by atomic mass is 14.7. The Labute approximate surface area is 187 Å². The maximum atomic E-state index is 5.02. The van der Waals surface area contributed by atoms with Crippen LogP contribution in [0.15, 0.2) is 70.6 Å². The van der Waals surface area contributed by atoms with Crippen LogP contribution in [-0.4, -0.2) is 35.5 Å². The third-order valence-electron chi connectivity index (χ3n) is 5.60. The zero-order valence-corrected chi connectivity index (χ0v) is 18.5. The van der Waals surface area contributed by atoms with E-state index in [9.17, 15) is 0 Å². The molecule has 0 aliphatic carbocycles. The van der Waals surface area contributed by atoms with Crippen molar-refractivity contribution < 1.29 is 0 Å². The highest BCUT2D eigenvalue weighted by Crippen LogP contribution is 2.29. The molecule has 0 radical (unpaired) electrons. The molecule has 0 fully saturated rings. The standard InChI is InChI=1S/C28H26N4/c1-3-11-29-17-19-6-9-26-22(13-19)15-21-7-10-27-24(28(21)32-26)16-23-14-20(18-30-12-4-2)5-8-25(23)31-27/h5-10,13-18H,3-4,11-12H2,1-2H3. The lowest BCUT2D eigenvalue weighted by Crippen LogP contribution is -1.90. The summed E-state index contributed by atoms with van der Waals surface area (Å²) in [5.74, 6) is 0. The summed E-state index contributed by atoms with van der Waals surface area (Å²) in [5.41, 5.74) is 6.13. The van der Waals surface area contributed by atoms with Gasteiger partial charge in [-0.25, -0.2) is 9.97 Å². The molecule has 0 aliphatic heterocycles. The third kappa shape index (κ3) is 3.96. The first-order chi connectivity index (χ1) is 15.7. The Morgan fingerprint density at radius 3 is 1.88 bits per heavy atom. The van der Waals surface area contributed by atoms with Gasteiger partial charge in [0.25, 0.3) is 0 Å². The van der Waals surface area contributed by atoms with Gasteiger partial charge in [-0.3, -0.25) is 9.98 Å². The van der Waals surface area contributed by atoms with E-state index in [0.29, 0.717) is 0 Å². The van der Waals surface area contributed by atoms with Gasteiger partial charge in [0.2, 0.25) is 0 Å². The largest absolute Gasteiger partial charge is 0.293 e. The van der Waals surface area contributed by atoms with Crippen molar-refractivity contribution in [1.82, 2.24) is 9.97 Å². The van der Waals surface area contributed by atoms with Gasteiger partial charge in [-0.15, -0.1) is 0 Å². The molecular weight excluding hydrogens is 392 g/mol. The molecule has 4 heteroatoms. The Bertz CT molecular complexity index is 1500. The summed E-state index contributed by atoms with van der Waals surface area (Å²) in [6, 6.07) is 21.3. The van der Waals surface area contributed by atoms with Crippen molar-refractivity contribution >= 4 is 56.0 Å². The number of pyridine rings is 2. The van der Waals surface area contributed by atoms with Crippen molar-refractivity contribution in [2.45, 2.75) is 26.7 Å². The summed E-state index contributed by atoms with van der Waals surface area (Å²) < 4.78 is 0. The number of aromatic nitrogens is 2. The van der Waals surface area contributed by atoms with Crippen LogP contribution in [0.1, 0.15) is 37.8 Å². The molecule has 0 N–H and O–H groups in total. The lowest BCUT2D eigenvalue weighted by Gasteiger charge is -2.08. The van der Waals surface area contributed by atoms with Gasteiger partial charge >= 0.3 is 0 Å². The first-order valence-corrected chi connectivity index (χ1v) is 11.3. The molecule has 0 saturated carbocycles. The number of rotatable bonds is 6. The third-order valence-corrected chi connectivity index (χ3v) is 5.60. The summed E-state index contributed by atoms with van der Waals surface area (Å²) in [5, 5.41) is 4.43. The lowest BCUT2D eigenvalue weighted by molar-refractivity contribution is 0.937. The quantitative estimate of drug-likeness (QED) is 0.174. The maximum Gasteiger partial charge on any atom is 0.0803 e. The zero-order valence-electron chi connectivity index (χ0n) is 18.5. The van der Waals surface area contributed by atoms with Crippen molar-refractivity contribution in [1.29, 1.82) is 0 Å². The Morgan fingerprint density at radius 2 is 1.22 bits per heavy atom. The fraction of sp³-hybridized carbons (Fsp3) is 0.214. The minimum atomic E-state index is 0.849. The van der Waals surface area contributed by atoms with Gasteiger partial charge in [-0.1, -0.05) is 32.0 Å². The monoisotopic (exact) mass is 418 g/mol. The predicted octanol–water partition coefficient (Wildman–Crippen LogP) is 6.75. The molecule has 158 valence electrons. The Kier molecular flexibility index (Phi) is 5.59. The van der Waals surface area contributed by atoms with Crippen LogP contribution in [0.25, 0.3) is 43.6 Å². The van der Waals surface area contributed by atoms with Crippen molar-refractivity contribution in [3.63, 3.8) is 0 Å². The van der Waals surface area contributed by atoms with Crippen molar-refractivity contribution in [3.8, 4) is 0 Å². The van der Waals surface area contributed by atoms with E-state index in [4.69, 9.17) is 9.97 Å². The molecule has 0 atom stereocenters. The summed E-state index contributed by atoms with van der Waals surface area (Å²) in [6.45, 7) is 5.97.